The van der Waals surface area contributed by atoms with Gasteiger partial charge in [-0.15, -0.1) is 0 Å². The van der Waals surface area contributed by atoms with Gasteiger partial charge in [0, 0.05) is 11.3 Å². The lowest BCUT2D eigenvalue weighted by Crippen LogP contribution is -2.30. The monoisotopic (exact) mass is 396 g/mol. The molecule has 0 radical (unpaired) electrons. The number of amides is 1. The van der Waals surface area contributed by atoms with E-state index in [0.717, 1.165) is 30.4 Å². The first-order valence-electron chi connectivity index (χ1n) is 8.65. The third-order valence-electron chi connectivity index (χ3n) is 4.06. The van der Waals surface area contributed by atoms with Crippen molar-refractivity contribution >= 4 is 28.9 Å². The van der Waals surface area contributed by atoms with Crippen LogP contribution in [-0.4, -0.2) is 20.8 Å². The van der Waals surface area contributed by atoms with E-state index in [1.165, 1.54) is 12.1 Å². The van der Waals surface area contributed by atoms with E-state index in [4.69, 9.17) is 0 Å². The zero-order chi connectivity index (χ0) is 20.8. The third kappa shape index (κ3) is 4.61. The Kier molecular flexibility index (Phi) is 5.93. The molecule has 0 aliphatic carbocycles. The minimum absolute atomic E-state index is 0.0237. The van der Waals surface area contributed by atoms with Crippen molar-refractivity contribution < 1.29 is 14.1 Å². The minimum atomic E-state index is -0.650. The number of benzene rings is 2. The largest absolute Gasteiger partial charge is 0.355 e. The highest BCUT2D eigenvalue weighted by Gasteiger charge is 2.24. The molecule has 148 valence electrons. The van der Waals surface area contributed by atoms with Crippen LogP contribution < -0.4 is 16.2 Å². The summed E-state index contributed by atoms with van der Waals surface area (Å²) in [4.78, 5) is 30.9. The number of carbonyl (C=O) groups is 1. The van der Waals surface area contributed by atoms with Gasteiger partial charge in [0.2, 0.25) is 11.6 Å². The number of hydrogen-bond acceptors (Lipinski definition) is 7. The smallest absolute Gasteiger partial charge is 0.334 e. The van der Waals surface area contributed by atoms with Crippen LogP contribution in [0.1, 0.15) is 22.8 Å². The van der Waals surface area contributed by atoms with E-state index in [0.29, 0.717) is 5.69 Å². The number of nitrogens with one attached hydrogen (secondary N) is 3. The SMILES string of the molecule is CCc1ccccc1Nc1ncnc(NNC(=O)c2ccc(F)cc2)c1[N+](=O)[O-]. The van der Waals surface area contributed by atoms with Crippen molar-refractivity contribution in [3.63, 3.8) is 0 Å². The van der Waals surface area contributed by atoms with Crippen molar-refractivity contribution in [2.24, 2.45) is 0 Å². The number of nitro groups is 1. The zero-order valence-electron chi connectivity index (χ0n) is 15.3. The van der Waals surface area contributed by atoms with Crippen molar-refractivity contribution in [1.82, 2.24) is 15.4 Å². The summed E-state index contributed by atoms with van der Waals surface area (Å²) in [5.74, 6) is -1.31. The lowest BCUT2D eigenvalue weighted by atomic mass is 10.1. The van der Waals surface area contributed by atoms with Crippen LogP contribution in [0.3, 0.4) is 0 Å². The molecule has 0 bridgehead atoms. The molecule has 0 unspecified atom stereocenters. The number of rotatable bonds is 7. The molecule has 29 heavy (non-hydrogen) atoms. The number of aryl methyl sites for hydroxylation is 1. The molecule has 2 aromatic carbocycles. The zero-order valence-corrected chi connectivity index (χ0v) is 15.3. The summed E-state index contributed by atoms with van der Waals surface area (Å²) in [6.07, 6.45) is 1.86. The summed E-state index contributed by atoms with van der Waals surface area (Å²) in [6, 6.07) is 12.2. The van der Waals surface area contributed by atoms with Crippen LogP contribution in [0, 0.1) is 15.9 Å². The number of carbonyl (C=O) groups excluding carboxylic acids is 1. The number of hydrogen-bond donors (Lipinski definition) is 3. The van der Waals surface area contributed by atoms with Crippen LogP contribution in [0.2, 0.25) is 0 Å². The van der Waals surface area contributed by atoms with Gasteiger partial charge in [-0.05, 0) is 42.3 Å². The molecule has 0 atom stereocenters. The number of aromatic nitrogens is 2. The summed E-state index contributed by atoms with van der Waals surface area (Å²) >= 11 is 0. The van der Waals surface area contributed by atoms with Crippen molar-refractivity contribution in [1.29, 1.82) is 0 Å². The molecule has 1 aromatic heterocycles. The highest BCUT2D eigenvalue weighted by molar-refractivity contribution is 5.95. The predicted octanol–water partition coefficient (Wildman–Crippen LogP) is 3.59. The Hall–Kier alpha value is -4.08. The van der Waals surface area contributed by atoms with Gasteiger partial charge in [-0.25, -0.2) is 14.4 Å². The van der Waals surface area contributed by atoms with Gasteiger partial charge in [0.1, 0.15) is 12.1 Å². The average Bonchev–Trinajstić information content (AvgIpc) is 2.72. The van der Waals surface area contributed by atoms with E-state index >= 15 is 0 Å². The predicted molar refractivity (Wildman–Crippen MR) is 105 cm³/mol. The molecule has 3 aromatic rings. The van der Waals surface area contributed by atoms with Crippen LogP contribution in [-0.2, 0) is 6.42 Å². The summed E-state index contributed by atoms with van der Waals surface area (Å²) < 4.78 is 13.0. The number of anilines is 3. The molecule has 1 heterocycles. The maximum absolute atomic E-state index is 13.0. The van der Waals surface area contributed by atoms with Gasteiger partial charge in [0.15, 0.2) is 0 Å². The summed E-state index contributed by atoms with van der Waals surface area (Å²) in [7, 11) is 0. The molecule has 3 rings (SSSR count). The second kappa shape index (κ2) is 8.74. The van der Waals surface area contributed by atoms with Crippen LogP contribution in [0.5, 0.6) is 0 Å². The first-order chi connectivity index (χ1) is 14.0. The van der Waals surface area contributed by atoms with Gasteiger partial charge in [-0.3, -0.25) is 25.8 Å². The lowest BCUT2D eigenvalue weighted by Gasteiger charge is -2.12. The number of nitrogens with zero attached hydrogens (tertiary/aromatic N) is 3. The Morgan fingerprint density at radius 3 is 2.48 bits per heavy atom. The fraction of sp³-hybridized carbons (Fsp3) is 0.105. The van der Waals surface area contributed by atoms with Gasteiger partial charge >= 0.3 is 5.69 Å². The second-order valence-corrected chi connectivity index (χ2v) is 5.90. The second-order valence-electron chi connectivity index (χ2n) is 5.90. The Morgan fingerprint density at radius 2 is 1.79 bits per heavy atom. The van der Waals surface area contributed by atoms with Crippen LogP contribution >= 0.6 is 0 Å². The summed E-state index contributed by atoms with van der Waals surface area (Å²) in [6.45, 7) is 1.97. The maximum Gasteiger partial charge on any atom is 0.355 e. The maximum atomic E-state index is 13.0. The average molecular weight is 396 g/mol. The van der Waals surface area contributed by atoms with E-state index in [1.54, 1.807) is 12.1 Å². The highest BCUT2D eigenvalue weighted by Crippen LogP contribution is 2.31. The van der Waals surface area contributed by atoms with Crippen molar-refractivity contribution in [2.45, 2.75) is 13.3 Å². The lowest BCUT2D eigenvalue weighted by molar-refractivity contribution is -0.383. The summed E-state index contributed by atoms with van der Waals surface area (Å²) in [5.41, 5.74) is 6.12. The fourth-order valence-electron chi connectivity index (χ4n) is 2.60. The molecular weight excluding hydrogens is 379 g/mol. The Morgan fingerprint density at radius 1 is 1.10 bits per heavy atom. The molecule has 9 nitrogen and oxygen atoms in total. The molecule has 0 aliphatic heterocycles. The minimum Gasteiger partial charge on any atom is -0.334 e. The van der Waals surface area contributed by atoms with Crippen LogP contribution in [0.25, 0.3) is 0 Å². The van der Waals surface area contributed by atoms with Crippen LogP contribution in [0.15, 0.2) is 54.9 Å². The number of para-hydroxylation sites is 1. The van der Waals surface area contributed by atoms with Crippen LogP contribution in [0.4, 0.5) is 27.4 Å². The quantitative estimate of drug-likeness (QED) is 0.412. The molecule has 0 aliphatic rings. The molecule has 3 N–H and O–H groups in total. The Bertz CT molecular complexity index is 1040. The van der Waals surface area contributed by atoms with Gasteiger partial charge in [0.05, 0.1) is 4.92 Å². The van der Waals surface area contributed by atoms with Crippen molar-refractivity contribution in [3.05, 3.63) is 81.9 Å². The van der Waals surface area contributed by atoms with Crippen molar-refractivity contribution in [3.8, 4) is 0 Å². The van der Waals surface area contributed by atoms with Crippen molar-refractivity contribution in [2.75, 3.05) is 10.7 Å². The molecule has 0 saturated heterocycles. The standard InChI is InChI=1S/C19H17FN6O3/c1-2-12-5-3-4-6-15(12)23-17-16(26(28)29)18(22-11-21-17)24-25-19(27)13-7-9-14(20)10-8-13/h3-11H,2H2,1H3,(H,25,27)(H2,21,22,23,24). The van der Waals surface area contributed by atoms with E-state index < -0.39 is 22.3 Å². The molecule has 0 fully saturated rings. The molecule has 0 saturated carbocycles. The van der Waals surface area contributed by atoms with Gasteiger partial charge in [0.25, 0.3) is 5.91 Å². The number of hydrazine groups is 1. The number of halogens is 1. The third-order valence-corrected chi connectivity index (χ3v) is 4.06. The van der Waals surface area contributed by atoms with E-state index in [-0.39, 0.29) is 17.2 Å². The van der Waals surface area contributed by atoms with E-state index in [1.807, 2.05) is 19.1 Å². The Labute approximate surface area is 165 Å². The topological polar surface area (TPSA) is 122 Å². The first-order valence-corrected chi connectivity index (χ1v) is 8.65. The molecule has 0 spiro atoms. The van der Waals surface area contributed by atoms with Gasteiger partial charge in [-0.1, -0.05) is 25.1 Å². The van der Waals surface area contributed by atoms with Gasteiger partial charge < -0.3 is 5.32 Å². The van der Waals surface area contributed by atoms with E-state index in [9.17, 15) is 19.3 Å². The highest BCUT2D eigenvalue weighted by atomic mass is 19.1. The van der Waals surface area contributed by atoms with E-state index in [2.05, 4.69) is 26.1 Å². The molecule has 10 heteroatoms. The fourth-order valence-corrected chi connectivity index (χ4v) is 2.60. The normalized spacial score (nSPS) is 10.3. The first kappa shape index (κ1) is 19.7. The molecular formula is C19H17FN6O3. The Balaban J connectivity index is 1.84. The van der Waals surface area contributed by atoms with Gasteiger partial charge in [-0.2, -0.15) is 0 Å². The summed E-state index contributed by atoms with van der Waals surface area (Å²) in [5, 5.41) is 14.6. The molecule has 1 amide bonds.